The summed E-state index contributed by atoms with van der Waals surface area (Å²) in [7, 11) is -3.15. The number of carboxylic acids is 1. The molecule has 3 aromatic rings. The van der Waals surface area contributed by atoms with Gasteiger partial charge in [-0.15, -0.1) is 0 Å². The molecule has 2 fully saturated rings. The fraction of sp³-hybridized carbons (Fsp3) is 0.344. The van der Waals surface area contributed by atoms with Crippen LogP contribution in [0.2, 0.25) is 0 Å². The third-order valence-electron chi connectivity index (χ3n) is 7.85. The fourth-order valence-electron chi connectivity index (χ4n) is 5.38. The summed E-state index contributed by atoms with van der Waals surface area (Å²) in [6, 6.07) is 14.9. The number of sulfonamides is 1. The Bertz CT molecular complexity index is 1730. The number of alkyl halides is 3. The van der Waals surface area contributed by atoms with E-state index in [2.05, 4.69) is 16.7 Å². The number of hydrogen-bond donors (Lipinski definition) is 1. The smallest absolute Gasteiger partial charge is 0.434 e. The highest BCUT2D eigenvalue weighted by atomic mass is 32.2. The Kier molecular flexibility index (Phi) is 9.31. The zero-order chi connectivity index (χ0) is 32.4. The van der Waals surface area contributed by atoms with Crippen LogP contribution in [0.1, 0.15) is 71.3 Å². The van der Waals surface area contributed by atoms with Gasteiger partial charge in [0.2, 0.25) is 10.0 Å². The summed E-state index contributed by atoms with van der Waals surface area (Å²) in [5, 5.41) is 12.6. The minimum absolute atomic E-state index is 0.191. The minimum atomic E-state index is -5.01. The number of aliphatic imine (C=N–C) groups is 1. The van der Waals surface area contributed by atoms with Gasteiger partial charge in [0, 0.05) is 18.7 Å². The molecule has 9 nitrogen and oxygen atoms in total. The SMILES string of the molecule is C=C(/N=C(\C=C/C)c1ccccc1OCc1ccc(C2CCN(S(=O)(=O)C3CC3)CC2)cc1)n1ncc(C(=O)O)c1C(F)(F)F. The molecule has 5 rings (SSSR count). The molecule has 1 aliphatic carbocycles. The summed E-state index contributed by atoms with van der Waals surface area (Å²) in [4.78, 5) is 15.7. The van der Waals surface area contributed by atoms with Crippen molar-refractivity contribution in [2.24, 2.45) is 4.99 Å². The van der Waals surface area contributed by atoms with E-state index in [1.54, 1.807) is 47.6 Å². The van der Waals surface area contributed by atoms with Crippen LogP contribution < -0.4 is 4.74 Å². The summed E-state index contributed by atoms with van der Waals surface area (Å²) in [5.74, 6) is -1.49. The highest BCUT2D eigenvalue weighted by Crippen LogP contribution is 2.36. The number of piperidine rings is 1. The number of nitrogens with zero attached hydrogens (tertiary/aromatic N) is 4. The van der Waals surface area contributed by atoms with Crippen LogP contribution >= 0.6 is 0 Å². The molecule has 0 radical (unpaired) electrons. The van der Waals surface area contributed by atoms with Crippen LogP contribution in [0.25, 0.3) is 5.82 Å². The minimum Gasteiger partial charge on any atom is -0.488 e. The number of halogens is 3. The molecule has 238 valence electrons. The van der Waals surface area contributed by atoms with E-state index in [-0.39, 0.29) is 23.5 Å². The first-order valence-electron chi connectivity index (χ1n) is 14.5. The predicted molar refractivity (Wildman–Crippen MR) is 164 cm³/mol. The van der Waals surface area contributed by atoms with Gasteiger partial charge in [-0.05, 0) is 67.9 Å². The zero-order valence-electron chi connectivity index (χ0n) is 24.6. The van der Waals surface area contributed by atoms with Gasteiger partial charge in [-0.25, -0.2) is 27.2 Å². The van der Waals surface area contributed by atoms with E-state index in [9.17, 15) is 31.5 Å². The van der Waals surface area contributed by atoms with Gasteiger partial charge in [0.1, 0.15) is 23.7 Å². The monoisotopic (exact) mass is 642 g/mol. The van der Waals surface area contributed by atoms with E-state index in [1.807, 2.05) is 24.3 Å². The first-order valence-corrected chi connectivity index (χ1v) is 16.0. The Labute approximate surface area is 259 Å². The summed E-state index contributed by atoms with van der Waals surface area (Å²) in [6.07, 6.45) is 1.92. The normalized spacial score (nSPS) is 17.1. The van der Waals surface area contributed by atoms with Crippen molar-refractivity contribution in [3.8, 4) is 5.75 Å². The molecule has 1 saturated carbocycles. The molecule has 45 heavy (non-hydrogen) atoms. The van der Waals surface area contributed by atoms with Crippen LogP contribution in [0.3, 0.4) is 0 Å². The number of carbonyl (C=O) groups is 1. The van der Waals surface area contributed by atoms with Crippen molar-refractivity contribution in [1.29, 1.82) is 0 Å². The molecule has 0 unspecified atom stereocenters. The number of benzene rings is 2. The first-order chi connectivity index (χ1) is 21.4. The molecular formula is C32H33F3N4O5S. The second-order valence-corrected chi connectivity index (χ2v) is 13.2. The lowest BCUT2D eigenvalue weighted by Gasteiger charge is -2.31. The summed E-state index contributed by atoms with van der Waals surface area (Å²) in [6.45, 7) is 6.62. The number of allylic oxidation sites excluding steroid dienone is 2. The van der Waals surface area contributed by atoms with Crippen molar-refractivity contribution in [2.45, 2.75) is 56.6 Å². The van der Waals surface area contributed by atoms with E-state index in [0.29, 0.717) is 35.3 Å². The van der Waals surface area contributed by atoms with E-state index in [4.69, 9.17) is 4.74 Å². The quantitative estimate of drug-likeness (QED) is 0.244. The number of aromatic carboxylic acids is 1. The van der Waals surface area contributed by atoms with Crippen molar-refractivity contribution >= 4 is 27.5 Å². The molecule has 2 heterocycles. The number of aromatic nitrogens is 2. The molecule has 1 aliphatic heterocycles. The van der Waals surface area contributed by atoms with Gasteiger partial charge in [0.25, 0.3) is 0 Å². The Balaban J connectivity index is 1.29. The van der Waals surface area contributed by atoms with Crippen LogP contribution in [0.4, 0.5) is 13.2 Å². The van der Waals surface area contributed by atoms with Gasteiger partial charge in [0.15, 0.2) is 5.69 Å². The second kappa shape index (κ2) is 13.0. The second-order valence-electron chi connectivity index (χ2n) is 11.0. The highest BCUT2D eigenvalue weighted by molar-refractivity contribution is 7.90. The maximum absolute atomic E-state index is 13.7. The number of hydrogen-bond acceptors (Lipinski definition) is 6. The van der Waals surface area contributed by atoms with Gasteiger partial charge in [-0.1, -0.05) is 49.1 Å². The number of carboxylic acid groups (broad SMARTS) is 1. The molecule has 1 N–H and O–H groups in total. The van der Waals surface area contributed by atoms with Crippen molar-refractivity contribution in [1.82, 2.24) is 14.1 Å². The van der Waals surface area contributed by atoms with E-state index < -0.39 is 39.2 Å². The molecule has 2 aromatic carbocycles. The van der Waals surface area contributed by atoms with Crippen molar-refractivity contribution in [3.05, 3.63) is 101 Å². The standard InChI is InChI=1S/C32H33F3N4O5S/c1-3-6-28(37-21(2)39-30(32(33,34)35)27(19-36-39)31(40)41)26-7-4-5-8-29(26)44-20-22-9-11-23(12-10-22)24-15-17-38(18-16-24)45(42,43)25-13-14-25/h3-12,19,24-25H,2,13-18,20H2,1H3,(H,40,41)/b6-3-,37-28+. The maximum Gasteiger partial charge on any atom is 0.434 e. The zero-order valence-corrected chi connectivity index (χ0v) is 25.4. The maximum atomic E-state index is 13.7. The van der Waals surface area contributed by atoms with Crippen LogP contribution in [-0.4, -0.2) is 57.6 Å². The lowest BCUT2D eigenvalue weighted by molar-refractivity contribution is -0.143. The fourth-order valence-corrected chi connectivity index (χ4v) is 7.25. The lowest BCUT2D eigenvalue weighted by atomic mass is 9.90. The third kappa shape index (κ3) is 7.20. The Hall–Kier alpha value is -4.23. The van der Waals surface area contributed by atoms with Gasteiger partial charge < -0.3 is 9.84 Å². The molecule has 0 spiro atoms. The molecule has 0 atom stereocenters. The van der Waals surface area contributed by atoms with Crippen LogP contribution in [0.15, 0.2) is 78.5 Å². The Morgan fingerprint density at radius 3 is 2.36 bits per heavy atom. The van der Waals surface area contributed by atoms with E-state index in [0.717, 1.165) is 36.8 Å². The van der Waals surface area contributed by atoms with Gasteiger partial charge in [0.05, 0.1) is 17.2 Å². The predicted octanol–water partition coefficient (Wildman–Crippen LogP) is 6.34. The van der Waals surface area contributed by atoms with Crippen molar-refractivity contribution in [2.75, 3.05) is 13.1 Å². The molecular weight excluding hydrogens is 609 g/mol. The van der Waals surface area contributed by atoms with Crippen molar-refractivity contribution < 1.29 is 36.2 Å². The molecule has 0 bridgehead atoms. The van der Waals surface area contributed by atoms with E-state index in [1.165, 1.54) is 0 Å². The third-order valence-corrected chi connectivity index (χ3v) is 10.3. The summed E-state index contributed by atoms with van der Waals surface area (Å²) >= 11 is 0. The molecule has 2 aliphatic rings. The molecule has 1 aromatic heterocycles. The van der Waals surface area contributed by atoms with Gasteiger partial charge >= 0.3 is 12.1 Å². The van der Waals surface area contributed by atoms with Crippen LogP contribution in [0, 0.1) is 0 Å². The van der Waals surface area contributed by atoms with Crippen LogP contribution in [0.5, 0.6) is 5.75 Å². The molecule has 1 saturated heterocycles. The van der Waals surface area contributed by atoms with Gasteiger partial charge in [-0.2, -0.15) is 18.3 Å². The lowest BCUT2D eigenvalue weighted by Crippen LogP contribution is -2.39. The molecule has 13 heteroatoms. The summed E-state index contributed by atoms with van der Waals surface area (Å²) < 4.78 is 74.5. The molecule has 0 amide bonds. The number of para-hydroxylation sites is 1. The topological polar surface area (TPSA) is 114 Å². The first kappa shape index (κ1) is 32.2. The largest absolute Gasteiger partial charge is 0.488 e. The van der Waals surface area contributed by atoms with Crippen molar-refractivity contribution in [3.63, 3.8) is 0 Å². The van der Waals surface area contributed by atoms with Crippen LogP contribution in [-0.2, 0) is 22.8 Å². The number of rotatable bonds is 11. The highest BCUT2D eigenvalue weighted by Gasteiger charge is 2.42. The summed E-state index contributed by atoms with van der Waals surface area (Å²) in [5.41, 5.74) is 0.276. The average Bonchev–Trinajstić information content (AvgIpc) is 3.78. The Morgan fingerprint density at radius 1 is 1.09 bits per heavy atom. The van der Waals surface area contributed by atoms with Gasteiger partial charge in [-0.3, -0.25) is 0 Å². The number of ether oxygens (including phenoxy) is 1. The Morgan fingerprint density at radius 2 is 1.76 bits per heavy atom. The average molecular weight is 643 g/mol. The van der Waals surface area contributed by atoms with E-state index >= 15 is 0 Å².